The number of sulfone groups is 1. The molecule has 6 heteroatoms. The second-order valence-electron chi connectivity index (χ2n) is 6.52. The van der Waals surface area contributed by atoms with Crippen molar-refractivity contribution >= 4 is 15.7 Å². The SMILES string of the molecule is COC1(C(=O)NC(C)c2ccccc2C(C)C)CCS(=O)(=O)C1. The van der Waals surface area contributed by atoms with Gasteiger partial charge in [-0.1, -0.05) is 38.1 Å². The van der Waals surface area contributed by atoms with E-state index in [1.165, 1.54) is 12.7 Å². The second kappa shape index (κ2) is 6.61. The summed E-state index contributed by atoms with van der Waals surface area (Å²) < 4.78 is 28.8. The summed E-state index contributed by atoms with van der Waals surface area (Å²) in [4.78, 5) is 12.7. The van der Waals surface area contributed by atoms with Crippen LogP contribution in [0, 0.1) is 0 Å². The first-order chi connectivity index (χ1) is 10.7. The highest BCUT2D eigenvalue weighted by atomic mass is 32.2. The molecule has 0 radical (unpaired) electrons. The van der Waals surface area contributed by atoms with Crippen LogP contribution in [0.2, 0.25) is 0 Å². The van der Waals surface area contributed by atoms with E-state index in [0.29, 0.717) is 5.92 Å². The van der Waals surface area contributed by atoms with Crippen molar-refractivity contribution in [2.24, 2.45) is 0 Å². The van der Waals surface area contributed by atoms with Crippen molar-refractivity contribution in [3.63, 3.8) is 0 Å². The monoisotopic (exact) mass is 339 g/mol. The Kier molecular flexibility index (Phi) is 5.16. The van der Waals surface area contributed by atoms with E-state index in [4.69, 9.17) is 4.74 Å². The number of ether oxygens (including phenoxy) is 1. The summed E-state index contributed by atoms with van der Waals surface area (Å²) in [6.45, 7) is 6.12. The van der Waals surface area contributed by atoms with Crippen molar-refractivity contribution in [2.75, 3.05) is 18.6 Å². The highest BCUT2D eigenvalue weighted by Gasteiger charge is 2.48. The van der Waals surface area contributed by atoms with Gasteiger partial charge >= 0.3 is 0 Å². The van der Waals surface area contributed by atoms with Gasteiger partial charge in [-0.05, 0) is 24.0 Å². The summed E-state index contributed by atoms with van der Waals surface area (Å²) in [5.74, 6) is -0.271. The molecular formula is C17H25NO4S. The van der Waals surface area contributed by atoms with Crippen molar-refractivity contribution < 1.29 is 17.9 Å². The molecule has 1 fully saturated rings. The van der Waals surface area contributed by atoms with E-state index in [2.05, 4.69) is 25.2 Å². The number of amides is 1. The number of hydrogen-bond donors (Lipinski definition) is 1. The van der Waals surface area contributed by atoms with E-state index in [-0.39, 0.29) is 29.9 Å². The van der Waals surface area contributed by atoms with E-state index in [1.807, 2.05) is 25.1 Å². The maximum Gasteiger partial charge on any atom is 0.253 e. The lowest BCUT2D eigenvalue weighted by molar-refractivity contribution is -0.141. The Morgan fingerprint density at radius 1 is 1.22 bits per heavy atom. The van der Waals surface area contributed by atoms with Crippen molar-refractivity contribution in [3.05, 3.63) is 35.4 Å². The van der Waals surface area contributed by atoms with E-state index >= 15 is 0 Å². The van der Waals surface area contributed by atoms with Crippen LogP contribution < -0.4 is 5.32 Å². The van der Waals surface area contributed by atoms with E-state index in [1.54, 1.807) is 0 Å². The third kappa shape index (κ3) is 3.75. The van der Waals surface area contributed by atoms with E-state index in [0.717, 1.165) is 5.56 Å². The summed E-state index contributed by atoms with van der Waals surface area (Å²) in [5, 5.41) is 2.93. The van der Waals surface area contributed by atoms with Gasteiger partial charge in [-0.3, -0.25) is 4.79 Å². The maximum absolute atomic E-state index is 12.7. The van der Waals surface area contributed by atoms with Gasteiger partial charge in [0.1, 0.15) is 0 Å². The quantitative estimate of drug-likeness (QED) is 0.892. The predicted molar refractivity (Wildman–Crippen MR) is 90.1 cm³/mol. The van der Waals surface area contributed by atoms with Crippen molar-refractivity contribution in [1.29, 1.82) is 0 Å². The molecule has 1 N–H and O–H groups in total. The van der Waals surface area contributed by atoms with E-state index in [9.17, 15) is 13.2 Å². The number of methoxy groups -OCH3 is 1. The lowest BCUT2D eigenvalue weighted by Gasteiger charge is -2.28. The number of benzene rings is 1. The lowest BCUT2D eigenvalue weighted by Crippen LogP contribution is -2.50. The van der Waals surface area contributed by atoms with Crippen LogP contribution in [0.3, 0.4) is 0 Å². The van der Waals surface area contributed by atoms with Gasteiger partial charge in [0.15, 0.2) is 15.4 Å². The molecule has 1 saturated heterocycles. The van der Waals surface area contributed by atoms with Gasteiger partial charge < -0.3 is 10.1 Å². The maximum atomic E-state index is 12.7. The van der Waals surface area contributed by atoms with Crippen LogP contribution in [0.25, 0.3) is 0 Å². The van der Waals surface area contributed by atoms with Gasteiger partial charge in [0.25, 0.3) is 5.91 Å². The fourth-order valence-corrected chi connectivity index (χ4v) is 4.98. The normalized spacial score (nSPS) is 24.6. The number of carbonyl (C=O) groups is 1. The molecule has 1 aromatic carbocycles. The van der Waals surface area contributed by atoms with Gasteiger partial charge in [-0.25, -0.2) is 8.42 Å². The Morgan fingerprint density at radius 3 is 2.30 bits per heavy atom. The zero-order chi connectivity index (χ0) is 17.3. The van der Waals surface area contributed by atoms with Crippen molar-refractivity contribution in [1.82, 2.24) is 5.32 Å². The van der Waals surface area contributed by atoms with E-state index < -0.39 is 15.4 Å². The van der Waals surface area contributed by atoms with Crippen LogP contribution in [0.15, 0.2) is 24.3 Å². The van der Waals surface area contributed by atoms with Gasteiger partial charge in [0, 0.05) is 13.5 Å². The van der Waals surface area contributed by atoms with Crippen LogP contribution in [0.4, 0.5) is 0 Å². The minimum Gasteiger partial charge on any atom is -0.367 e. The third-order valence-corrected chi connectivity index (χ3v) is 6.24. The highest BCUT2D eigenvalue weighted by molar-refractivity contribution is 7.91. The minimum absolute atomic E-state index is 0.00871. The summed E-state index contributed by atoms with van der Waals surface area (Å²) in [7, 11) is -1.82. The first kappa shape index (κ1) is 17.9. The topological polar surface area (TPSA) is 72.5 Å². The summed E-state index contributed by atoms with van der Waals surface area (Å²) in [6, 6.07) is 7.75. The molecule has 2 unspecified atom stereocenters. The van der Waals surface area contributed by atoms with Crippen LogP contribution in [-0.4, -0.2) is 38.5 Å². The first-order valence-corrected chi connectivity index (χ1v) is 9.68. The predicted octanol–water partition coefficient (Wildman–Crippen LogP) is 2.19. The molecule has 1 heterocycles. The molecule has 0 aliphatic carbocycles. The largest absolute Gasteiger partial charge is 0.367 e. The molecule has 2 atom stereocenters. The summed E-state index contributed by atoms with van der Waals surface area (Å²) in [5.41, 5.74) is 0.952. The summed E-state index contributed by atoms with van der Waals surface area (Å²) >= 11 is 0. The molecule has 128 valence electrons. The molecule has 5 nitrogen and oxygen atoms in total. The minimum atomic E-state index is -3.22. The van der Waals surface area contributed by atoms with Crippen LogP contribution in [0.5, 0.6) is 0 Å². The molecule has 23 heavy (non-hydrogen) atoms. The first-order valence-electron chi connectivity index (χ1n) is 7.86. The van der Waals surface area contributed by atoms with Crippen molar-refractivity contribution in [3.8, 4) is 0 Å². The third-order valence-electron chi connectivity index (χ3n) is 4.51. The molecule has 2 rings (SSSR count). The van der Waals surface area contributed by atoms with Crippen LogP contribution in [0.1, 0.15) is 50.3 Å². The average Bonchev–Trinajstić information content (AvgIpc) is 2.83. The van der Waals surface area contributed by atoms with Gasteiger partial charge in [0.2, 0.25) is 0 Å². The second-order valence-corrected chi connectivity index (χ2v) is 8.70. The smallest absolute Gasteiger partial charge is 0.253 e. The Bertz CT molecular complexity index is 684. The molecule has 1 aromatic rings. The zero-order valence-electron chi connectivity index (χ0n) is 14.1. The Hall–Kier alpha value is -1.40. The van der Waals surface area contributed by atoms with Crippen LogP contribution >= 0.6 is 0 Å². The standard InChI is InChI=1S/C17H25NO4S/c1-12(2)14-7-5-6-8-15(14)13(3)18-16(19)17(22-4)9-10-23(20,21)11-17/h5-8,12-13H,9-11H2,1-4H3,(H,18,19). The Balaban J connectivity index is 2.20. The average molecular weight is 339 g/mol. The zero-order valence-corrected chi connectivity index (χ0v) is 14.9. The number of carbonyl (C=O) groups excluding carboxylic acids is 1. The molecule has 1 aliphatic rings. The van der Waals surface area contributed by atoms with Gasteiger partial charge in [-0.15, -0.1) is 0 Å². The molecule has 0 bridgehead atoms. The van der Waals surface area contributed by atoms with Gasteiger partial charge in [0.05, 0.1) is 17.5 Å². The molecule has 0 spiro atoms. The fraction of sp³-hybridized carbons (Fsp3) is 0.588. The fourth-order valence-electron chi connectivity index (χ4n) is 3.09. The summed E-state index contributed by atoms with van der Waals surface area (Å²) in [6.07, 6.45) is 0.205. The number of nitrogens with one attached hydrogen (secondary N) is 1. The molecular weight excluding hydrogens is 314 g/mol. The Labute approximate surface area is 138 Å². The molecule has 1 aliphatic heterocycles. The van der Waals surface area contributed by atoms with Gasteiger partial charge in [-0.2, -0.15) is 0 Å². The molecule has 0 saturated carbocycles. The molecule has 0 aromatic heterocycles. The molecule has 1 amide bonds. The lowest BCUT2D eigenvalue weighted by atomic mass is 9.92. The number of hydrogen-bond acceptors (Lipinski definition) is 4. The number of rotatable bonds is 5. The Morgan fingerprint density at radius 2 is 1.83 bits per heavy atom. The van der Waals surface area contributed by atoms with Crippen LogP contribution in [-0.2, 0) is 19.4 Å². The highest BCUT2D eigenvalue weighted by Crippen LogP contribution is 2.29. The van der Waals surface area contributed by atoms with Crippen molar-refractivity contribution in [2.45, 2.75) is 44.8 Å².